The predicted octanol–water partition coefficient (Wildman–Crippen LogP) is 3.91. The van der Waals surface area contributed by atoms with E-state index in [0.29, 0.717) is 17.3 Å². The van der Waals surface area contributed by atoms with Crippen LogP contribution >= 0.6 is 11.6 Å². The van der Waals surface area contributed by atoms with Gasteiger partial charge in [-0.05, 0) is 36.7 Å². The number of hydrogen-bond donors (Lipinski definition) is 1. The first-order valence-electron chi connectivity index (χ1n) is 7.92. The molecule has 0 fully saturated rings. The van der Waals surface area contributed by atoms with Crippen LogP contribution in [0.3, 0.4) is 0 Å². The number of aryl methyl sites for hydroxylation is 1. The quantitative estimate of drug-likeness (QED) is 0.795. The second kappa shape index (κ2) is 8.92. The van der Waals surface area contributed by atoms with E-state index in [1.165, 1.54) is 11.1 Å². The van der Waals surface area contributed by atoms with Crippen LogP contribution in [0.2, 0.25) is 5.02 Å². The van der Waals surface area contributed by atoms with E-state index in [2.05, 4.69) is 30.9 Å². The first-order chi connectivity index (χ1) is 11.1. The minimum Gasteiger partial charge on any atom is -0.489 e. The molecular weight excluding hydrogens is 310 g/mol. The molecule has 2 rings (SSSR count). The molecule has 0 aromatic heterocycles. The van der Waals surface area contributed by atoms with Crippen LogP contribution < -0.4 is 4.74 Å². The molecule has 124 valence electrons. The Morgan fingerprint density at radius 3 is 2.52 bits per heavy atom. The van der Waals surface area contributed by atoms with Gasteiger partial charge in [0.25, 0.3) is 0 Å². The van der Waals surface area contributed by atoms with Crippen molar-refractivity contribution < 1.29 is 9.84 Å². The average molecular weight is 334 g/mol. The third kappa shape index (κ3) is 5.54. The summed E-state index contributed by atoms with van der Waals surface area (Å²) in [6.07, 6.45) is -0.560. The molecule has 0 aliphatic rings. The van der Waals surface area contributed by atoms with Gasteiger partial charge in [0.05, 0.1) is 5.02 Å². The van der Waals surface area contributed by atoms with E-state index in [9.17, 15) is 5.11 Å². The largest absolute Gasteiger partial charge is 0.489 e. The number of likely N-dealkylation sites (N-methyl/N-ethyl adjacent to an activating group) is 1. The highest BCUT2D eigenvalue weighted by Crippen LogP contribution is 2.23. The van der Waals surface area contributed by atoms with Gasteiger partial charge < -0.3 is 9.84 Å². The molecule has 0 amide bonds. The maximum atomic E-state index is 10.2. The summed E-state index contributed by atoms with van der Waals surface area (Å²) in [4.78, 5) is 2.21. The number of hydrogen-bond acceptors (Lipinski definition) is 3. The summed E-state index contributed by atoms with van der Waals surface area (Å²) in [7, 11) is 0. The SMILES string of the molecule is CCN(Cc1ccccc1C)CC(O)COc1ccccc1Cl. The molecule has 0 spiro atoms. The van der Waals surface area contributed by atoms with E-state index >= 15 is 0 Å². The van der Waals surface area contributed by atoms with Crippen LogP contribution in [0.5, 0.6) is 5.75 Å². The molecule has 0 radical (unpaired) electrons. The number of ether oxygens (including phenoxy) is 1. The smallest absolute Gasteiger partial charge is 0.138 e. The van der Waals surface area contributed by atoms with Crippen LogP contribution in [0.25, 0.3) is 0 Å². The van der Waals surface area contributed by atoms with Crippen molar-refractivity contribution >= 4 is 11.6 Å². The molecule has 1 unspecified atom stereocenters. The minimum atomic E-state index is -0.560. The summed E-state index contributed by atoms with van der Waals surface area (Å²) < 4.78 is 5.61. The molecule has 3 nitrogen and oxygen atoms in total. The van der Waals surface area contributed by atoms with Gasteiger partial charge in [-0.25, -0.2) is 0 Å². The fourth-order valence-corrected chi connectivity index (χ4v) is 2.62. The molecule has 1 N–H and O–H groups in total. The van der Waals surface area contributed by atoms with Gasteiger partial charge in [-0.3, -0.25) is 4.90 Å². The molecule has 0 aliphatic carbocycles. The van der Waals surface area contributed by atoms with Gasteiger partial charge in [-0.1, -0.05) is 54.9 Å². The zero-order valence-electron chi connectivity index (χ0n) is 13.7. The summed E-state index contributed by atoms with van der Waals surface area (Å²) >= 11 is 6.05. The van der Waals surface area contributed by atoms with Crippen molar-refractivity contribution in [3.05, 3.63) is 64.7 Å². The molecule has 2 aromatic carbocycles. The number of aliphatic hydroxyl groups excluding tert-OH is 1. The monoisotopic (exact) mass is 333 g/mol. The van der Waals surface area contributed by atoms with Crippen molar-refractivity contribution in [3.8, 4) is 5.75 Å². The predicted molar refractivity (Wildman–Crippen MR) is 95.1 cm³/mol. The van der Waals surface area contributed by atoms with E-state index in [4.69, 9.17) is 16.3 Å². The lowest BCUT2D eigenvalue weighted by atomic mass is 10.1. The summed E-state index contributed by atoms with van der Waals surface area (Å²) in [5, 5.41) is 10.8. The molecular formula is C19H24ClNO2. The van der Waals surface area contributed by atoms with Gasteiger partial charge >= 0.3 is 0 Å². The van der Waals surface area contributed by atoms with Crippen molar-refractivity contribution in [2.75, 3.05) is 19.7 Å². The number of halogens is 1. The number of aliphatic hydroxyl groups is 1. The van der Waals surface area contributed by atoms with Crippen molar-refractivity contribution in [2.24, 2.45) is 0 Å². The topological polar surface area (TPSA) is 32.7 Å². The Balaban J connectivity index is 1.86. The summed E-state index contributed by atoms with van der Waals surface area (Å²) in [6.45, 7) is 6.70. The number of benzene rings is 2. The second-order valence-corrected chi connectivity index (χ2v) is 6.06. The maximum Gasteiger partial charge on any atom is 0.138 e. The number of para-hydroxylation sites is 1. The summed E-state index contributed by atoms with van der Waals surface area (Å²) in [6, 6.07) is 15.6. The Labute approximate surface area is 143 Å². The van der Waals surface area contributed by atoms with Crippen molar-refractivity contribution in [2.45, 2.75) is 26.5 Å². The first kappa shape index (κ1) is 17.8. The van der Waals surface area contributed by atoms with Gasteiger partial charge in [-0.15, -0.1) is 0 Å². The fraction of sp³-hybridized carbons (Fsp3) is 0.368. The molecule has 0 bridgehead atoms. The summed E-state index contributed by atoms with van der Waals surface area (Å²) in [5.74, 6) is 0.607. The van der Waals surface area contributed by atoms with Crippen LogP contribution in [-0.2, 0) is 6.54 Å². The number of rotatable bonds is 8. The van der Waals surface area contributed by atoms with Crippen LogP contribution in [0.1, 0.15) is 18.1 Å². The Morgan fingerprint density at radius 1 is 1.13 bits per heavy atom. The Kier molecular flexibility index (Phi) is 6.90. The van der Waals surface area contributed by atoms with Crippen LogP contribution in [0.4, 0.5) is 0 Å². The van der Waals surface area contributed by atoms with Crippen LogP contribution in [-0.4, -0.2) is 35.8 Å². The zero-order valence-corrected chi connectivity index (χ0v) is 14.5. The van der Waals surface area contributed by atoms with Gasteiger partial charge in [-0.2, -0.15) is 0 Å². The molecule has 0 aliphatic heterocycles. The fourth-order valence-electron chi connectivity index (χ4n) is 2.43. The third-order valence-corrected chi connectivity index (χ3v) is 4.15. The highest BCUT2D eigenvalue weighted by atomic mass is 35.5. The maximum absolute atomic E-state index is 10.2. The Bertz CT molecular complexity index is 618. The first-order valence-corrected chi connectivity index (χ1v) is 8.30. The average Bonchev–Trinajstić information content (AvgIpc) is 2.55. The number of nitrogens with zero attached hydrogens (tertiary/aromatic N) is 1. The second-order valence-electron chi connectivity index (χ2n) is 5.65. The van der Waals surface area contributed by atoms with E-state index < -0.39 is 6.10 Å². The standard InChI is InChI=1S/C19H24ClNO2/c1-3-21(12-16-9-5-4-8-15(16)2)13-17(22)14-23-19-11-7-6-10-18(19)20/h4-11,17,22H,3,12-14H2,1-2H3. The van der Waals surface area contributed by atoms with Gasteiger partial charge in [0.15, 0.2) is 0 Å². The third-order valence-electron chi connectivity index (χ3n) is 3.84. The molecule has 0 saturated heterocycles. The lowest BCUT2D eigenvalue weighted by Gasteiger charge is -2.24. The molecule has 2 aromatic rings. The van der Waals surface area contributed by atoms with E-state index in [1.807, 2.05) is 24.3 Å². The molecule has 23 heavy (non-hydrogen) atoms. The summed E-state index contributed by atoms with van der Waals surface area (Å²) in [5.41, 5.74) is 2.56. The van der Waals surface area contributed by atoms with Crippen LogP contribution in [0.15, 0.2) is 48.5 Å². The molecule has 1 atom stereocenters. The van der Waals surface area contributed by atoms with Crippen molar-refractivity contribution in [1.29, 1.82) is 0 Å². The lowest BCUT2D eigenvalue weighted by Crippen LogP contribution is -2.35. The molecule has 0 saturated carbocycles. The minimum absolute atomic E-state index is 0.230. The van der Waals surface area contributed by atoms with Crippen LogP contribution in [0, 0.1) is 6.92 Å². The van der Waals surface area contributed by atoms with E-state index in [-0.39, 0.29) is 6.61 Å². The van der Waals surface area contributed by atoms with Gasteiger partial charge in [0.1, 0.15) is 18.5 Å². The zero-order chi connectivity index (χ0) is 16.7. The van der Waals surface area contributed by atoms with E-state index in [1.54, 1.807) is 12.1 Å². The lowest BCUT2D eigenvalue weighted by molar-refractivity contribution is 0.0674. The van der Waals surface area contributed by atoms with Gasteiger partial charge in [0.2, 0.25) is 0 Å². The van der Waals surface area contributed by atoms with Gasteiger partial charge in [0, 0.05) is 13.1 Å². The van der Waals surface area contributed by atoms with Crippen molar-refractivity contribution in [3.63, 3.8) is 0 Å². The molecule has 4 heteroatoms. The highest BCUT2D eigenvalue weighted by molar-refractivity contribution is 6.32. The Hall–Kier alpha value is -1.55. The normalized spacial score (nSPS) is 12.4. The van der Waals surface area contributed by atoms with E-state index in [0.717, 1.165) is 13.1 Å². The molecule has 0 heterocycles. The Morgan fingerprint density at radius 2 is 1.83 bits per heavy atom. The highest BCUT2D eigenvalue weighted by Gasteiger charge is 2.13. The van der Waals surface area contributed by atoms with Crippen molar-refractivity contribution in [1.82, 2.24) is 4.90 Å².